The van der Waals surface area contributed by atoms with E-state index in [9.17, 15) is 40.2 Å². The number of likely N-dealkylation sites (tertiary alicyclic amines) is 2. The Morgan fingerprint density at radius 3 is 0.839 bits per heavy atom. The predicted molar refractivity (Wildman–Crippen MR) is 536 cm³/mol. The number of benzene rings is 8. The quantitative estimate of drug-likeness (QED) is 0.0304. The van der Waals surface area contributed by atoms with Gasteiger partial charge in [0.15, 0.2) is 0 Å². The highest BCUT2D eigenvalue weighted by atomic mass is 32.1. The number of aromatic nitrogens is 8. The van der Waals surface area contributed by atoms with Gasteiger partial charge in [-0.25, -0.2) is 0 Å². The van der Waals surface area contributed by atoms with E-state index in [0.717, 1.165) is 213 Å². The summed E-state index contributed by atoms with van der Waals surface area (Å²) in [5.41, 5.74) is 19.9. The SMILES string of the molecule is CC(=O)CN[C@H]1CCCc2c(-c3nnc(-c4ccc(OC(C)C)c(C#N)c4)s3)cccc21.CC(C)Oc1ccc(-c2nnc(-c3cccc4c3CCC[C@@H]4NCC(=O)N3CCCC3)s2)cc1C#N.CC(C)Oc1ccc(-c2nnc(-c3cccc4c3CCC[C@H]4NCC(=O)N3CCCC3)s2)cc1C#N.CNC(=O)CN[C@@H]1CCCc2c(-c3nnc(-c4ccc(OC(C)C)c(C#N)c4)s3)cccc21. The lowest BCUT2D eigenvalue weighted by Crippen LogP contribution is -2.38. The molecule has 0 radical (unpaired) electrons. The number of nitrogens with one attached hydrogen (secondary N) is 5. The summed E-state index contributed by atoms with van der Waals surface area (Å²) in [4.78, 5) is 52.2. The average Bonchev–Trinajstić information content (AvgIpc) is 1.70. The Hall–Kier alpha value is -12.9. The molecule has 27 nitrogen and oxygen atoms in total. The number of carbonyl (C=O) groups excluding carboxylic acids is 4. The summed E-state index contributed by atoms with van der Waals surface area (Å²) in [6, 6.07) is 57.1. The molecular formula is C106H115N19O8S4. The number of nitrogens with zero attached hydrogens (tertiary/aromatic N) is 14. The van der Waals surface area contributed by atoms with Crippen LogP contribution in [-0.4, -0.2) is 158 Å². The highest BCUT2D eigenvalue weighted by molar-refractivity contribution is 7.19. The second-order valence-electron chi connectivity index (χ2n) is 36.0. The molecule has 4 atom stereocenters. The zero-order valence-electron chi connectivity index (χ0n) is 79.1. The number of Topliss-reactive ketones (excluding diaryl/α,β-unsaturated/α-hetero) is 1. The minimum absolute atomic E-state index is 0.000832. The Balaban J connectivity index is 0.000000139. The van der Waals surface area contributed by atoms with Gasteiger partial charge in [0, 0.05) is 102 Å². The van der Waals surface area contributed by atoms with Gasteiger partial charge < -0.3 is 55.3 Å². The van der Waals surface area contributed by atoms with Gasteiger partial charge in [0.2, 0.25) is 17.7 Å². The lowest BCUT2D eigenvalue weighted by Gasteiger charge is -2.28. The van der Waals surface area contributed by atoms with E-state index in [-0.39, 0.29) is 72.1 Å². The van der Waals surface area contributed by atoms with Crippen LogP contribution in [-0.2, 0) is 44.9 Å². The number of amides is 3. The molecule has 4 aliphatic carbocycles. The van der Waals surface area contributed by atoms with Gasteiger partial charge in [-0.1, -0.05) is 118 Å². The maximum absolute atomic E-state index is 12.6. The number of likely N-dealkylation sites (N-methyl/N-ethyl adjacent to an activating group) is 1. The number of ether oxygens (including phenoxy) is 4. The number of carbonyl (C=O) groups is 4. The maximum atomic E-state index is 12.6. The molecule has 2 saturated heterocycles. The average molecular weight is 1910 g/mol. The molecule has 2 aliphatic heterocycles. The van der Waals surface area contributed by atoms with Crippen LogP contribution in [0.2, 0.25) is 0 Å². The largest absolute Gasteiger partial charge is 0.490 e. The van der Waals surface area contributed by atoms with Crippen molar-refractivity contribution < 1.29 is 38.1 Å². The fraction of sp³-hybridized carbons (Fsp3) is 0.396. The van der Waals surface area contributed by atoms with E-state index in [1.807, 2.05) is 138 Å². The van der Waals surface area contributed by atoms with Crippen LogP contribution in [0.5, 0.6) is 23.0 Å². The monoisotopic (exact) mass is 1910 g/mol. The van der Waals surface area contributed by atoms with Gasteiger partial charge in [0.25, 0.3) is 0 Å². The van der Waals surface area contributed by atoms with Crippen LogP contribution in [0.3, 0.4) is 0 Å². The molecule has 706 valence electrons. The third kappa shape index (κ3) is 24.6. The van der Waals surface area contributed by atoms with Gasteiger partial charge in [0.1, 0.15) is 93.1 Å². The molecule has 0 spiro atoms. The fourth-order valence-corrected chi connectivity index (χ4v) is 22.0. The van der Waals surface area contributed by atoms with Crippen molar-refractivity contribution in [1.29, 1.82) is 21.0 Å². The van der Waals surface area contributed by atoms with Crippen molar-refractivity contribution in [3.63, 3.8) is 0 Å². The van der Waals surface area contributed by atoms with E-state index in [0.29, 0.717) is 71.4 Å². The summed E-state index contributed by atoms with van der Waals surface area (Å²) in [7, 11) is 1.65. The van der Waals surface area contributed by atoms with Gasteiger partial charge in [0.05, 0.1) is 72.8 Å². The van der Waals surface area contributed by atoms with Gasteiger partial charge >= 0.3 is 0 Å². The minimum Gasteiger partial charge on any atom is -0.490 e. The first kappa shape index (κ1) is 98.6. The van der Waals surface area contributed by atoms with E-state index < -0.39 is 0 Å². The fourth-order valence-electron chi connectivity index (χ4n) is 18.4. The number of rotatable bonds is 28. The third-order valence-corrected chi connectivity index (χ3v) is 28.8. The van der Waals surface area contributed by atoms with Crippen molar-refractivity contribution in [3.05, 3.63) is 212 Å². The van der Waals surface area contributed by atoms with Crippen molar-refractivity contribution in [2.24, 2.45) is 0 Å². The second-order valence-corrected chi connectivity index (χ2v) is 39.9. The van der Waals surface area contributed by atoms with Crippen LogP contribution >= 0.6 is 45.3 Å². The molecule has 12 aromatic rings. The van der Waals surface area contributed by atoms with Crippen LogP contribution in [0.25, 0.3) is 84.6 Å². The number of nitriles is 4. The Kier molecular flexibility index (Phi) is 33.6. The predicted octanol–water partition coefficient (Wildman–Crippen LogP) is 19.6. The van der Waals surface area contributed by atoms with Crippen LogP contribution in [0, 0.1) is 45.3 Å². The summed E-state index contributed by atoms with van der Waals surface area (Å²) < 4.78 is 23.0. The highest BCUT2D eigenvalue weighted by Gasteiger charge is 2.32. The van der Waals surface area contributed by atoms with Crippen LogP contribution in [0.1, 0.15) is 230 Å². The Morgan fingerprint density at radius 2 is 0.599 bits per heavy atom. The number of hydrogen-bond donors (Lipinski definition) is 5. The third-order valence-electron chi connectivity index (χ3n) is 24.8. The molecule has 18 rings (SSSR count). The standard InChI is InChI=1S/2C28H31N5O2S.C25H27N5O2S.C25H26N4O2S/c2*1-18(2)35-25-12-11-19(15-20(25)16-29)27-31-32-28(36-27)23-9-5-8-22-21(23)7-6-10-24(22)30-17-26(34)33-13-3-4-14-33;1-15(2)32-22-11-10-16(12-17(22)13-26)24-29-30-25(33-24)20-8-4-7-19-18(20)6-5-9-21(19)28-14-23(31)27-3;1-15(2)31-23-11-10-17(12-18(23)13-26)24-28-29-25(32-24)21-8-4-7-20-19(21)6-5-9-22(20)27-14-16(3)30/h2*5,8-9,11-12,15,18,24,30H,3-4,6-7,10,13-14,17H2,1-2H3;4,7-8,10-12,15,21,28H,5-6,9,14H2,1-3H3,(H,27,31);4,7-8,10-12,15,22,27H,5-6,9,14H2,1-3H3/t2*24-;21-;22-/m1010/s1. The van der Waals surface area contributed by atoms with E-state index in [1.54, 1.807) is 20.0 Å². The van der Waals surface area contributed by atoms with Gasteiger partial charge in [-0.05, 0) is 282 Å². The zero-order valence-corrected chi connectivity index (χ0v) is 82.4. The van der Waals surface area contributed by atoms with Gasteiger partial charge in [-0.3, -0.25) is 19.2 Å². The van der Waals surface area contributed by atoms with Crippen molar-refractivity contribution in [2.75, 3.05) is 59.4 Å². The molecule has 6 heterocycles. The van der Waals surface area contributed by atoms with E-state index >= 15 is 0 Å². The molecule has 0 bridgehead atoms. The summed E-state index contributed by atoms with van der Waals surface area (Å²) in [6.07, 6.45) is 16.6. The normalized spacial score (nSPS) is 16.2. The molecule has 6 aliphatic rings. The van der Waals surface area contributed by atoms with E-state index in [1.165, 1.54) is 89.9 Å². The molecule has 31 heteroatoms. The van der Waals surface area contributed by atoms with Gasteiger partial charge in [-0.15, -0.1) is 40.8 Å². The summed E-state index contributed by atoms with van der Waals surface area (Å²) in [5.74, 6) is 2.85. The second kappa shape index (κ2) is 46.8. The van der Waals surface area contributed by atoms with Crippen molar-refractivity contribution >= 4 is 68.9 Å². The first-order valence-corrected chi connectivity index (χ1v) is 50.7. The summed E-state index contributed by atoms with van der Waals surface area (Å²) >= 11 is 6.11. The van der Waals surface area contributed by atoms with Crippen molar-refractivity contribution in [3.8, 4) is 132 Å². The van der Waals surface area contributed by atoms with Gasteiger partial charge in [-0.2, -0.15) is 21.0 Å². The van der Waals surface area contributed by atoms with Crippen molar-refractivity contribution in [2.45, 2.75) is 214 Å². The molecule has 8 aromatic carbocycles. The molecule has 0 saturated carbocycles. The van der Waals surface area contributed by atoms with E-state index in [2.05, 4.69) is 158 Å². The summed E-state index contributed by atoms with van der Waals surface area (Å²) in [5, 5.41) is 97.0. The lowest BCUT2D eigenvalue weighted by molar-refractivity contribution is -0.130. The maximum Gasteiger partial charge on any atom is 0.236 e. The van der Waals surface area contributed by atoms with Crippen molar-refractivity contribution in [1.82, 2.24) is 77.2 Å². The smallest absolute Gasteiger partial charge is 0.236 e. The topological polar surface area (TPSA) is 370 Å². The first-order chi connectivity index (χ1) is 66.5. The molecule has 3 amide bonds. The molecule has 0 unspecified atom stereocenters. The molecule has 4 aromatic heterocycles. The highest BCUT2D eigenvalue weighted by Crippen LogP contribution is 2.46. The molecule has 2 fully saturated rings. The van der Waals surface area contributed by atoms with Crippen LogP contribution < -0.4 is 45.5 Å². The Labute approximate surface area is 816 Å². The zero-order chi connectivity index (χ0) is 96.2. The molecular weight excluding hydrogens is 1800 g/mol. The Morgan fingerprint density at radius 1 is 0.350 bits per heavy atom. The van der Waals surface area contributed by atoms with E-state index in [4.69, 9.17) is 18.9 Å². The minimum atomic E-state index is -0.0198. The first-order valence-electron chi connectivity index (χ1n) is 47.4. The lowest BCUT2D eigenvalue weighted by atomic mass is 9.85. The molecule has 137 heavy (non-hydrogen) atoms. The van der Waals surface area contributed by atoms with Crippen LogP contribution in [0.15, 0.2) is 146 Å². The number of fused-ring (bicyclic) bond motifs is 4. The summed E-state index contributed by atoms with van der Waals surface area (Å²) in [6.45, 7) is 22.1. The molecule has 5 N–H and O–H groups in total. The number of ketones is 1. The Bertz CT molecular complexity index is 6300. The van der Waals surface area contributed by atoms with Crippen LogP contribution in [0.4, 0.5) is 0 Å². The number of hydrogen-bond acceptors (Lipinski definition) is 28.